The molecule has 0 unspecified atom stereocenters. The van der Waals surface area contributed by atoms with E-state index in [1.807, 2.05) is 19.1 Å². The highest BCUT2D eigenvalue weighted by molar-refractivity contribution is 7.07. The van der Waals surface area contributed by atoms with Crippen LogP contribution >= 0.6 is 11.3 Å². The van der Waals surface area contributed by atoms with Gasteiger partial charge in [0, 0.05) is 23.8 Å². The van der Waals surface area contributed by atoms with Gasteiger partial charge in [0.25, 0.3) is 5.91 Å². The molecule has 0 spiro atoms. The van der Waals surface area contributed by atoms with Gasteiger partial charge in [-0.25, -0.2) is 4.98 Å². The summed E-state index contributed by atoms with van der Waals surface area (Å²) in [6.07, 6.45) is 1.76. The van der Waals surface area contributed by atoms with Crippen molar-refractivity contribution < 1.29 is 4.79 Å². The number of aromatic nitrogens is 2. The van der Waals surface area contributed by atoms with E-state index in [9.17, 15) is 4.79 Å². The van der Waals surface area contributed by atoms with Gasteiger partial charge in [-0.05, 0) is 18.6 Å². The molecule has 5 heteroatoms. The molecule has 0 saturated heterocycles. The van der Waals surface area contributed by atoms with Crippen LogP contribution in [0.15, 0.2) is 29.2 Å². The van der Waals surface area contributed by atoms with Gasteiger partial charge in [0.1, 0.15) is 5.69 Å². The number of nitrogens with one attached hydrogen (secondary N) is 1. The number of carbonyl (C=O) groups is 1. The van der Waals surface area contributed by atoms with Crippen molar-refractivity contribution in [2.75, 3.05) is 0 Å². The molecule has 0 aliphatic rings. The Kier molecular flexibility index (Phi) is 3.26. The van der Waals surface area contributed by atoms with Crippen LogP contribution in [0.4, 0.5) is 0 Å². The fourth-order valence-corrected chi connectivity index (χ4v) is 1.73. The zero-order valence-electron chi connectivity index (χ0n) is 8.80. The largest absolute Gasteiger partial charge is 0.347 e. The molecule has 2 rings (SSSR count). The normalized spacial score (nSPS) is 10.1. The zero-order chi connectivity index (χ0) is 11.4. The average Bonchev–Trinajstić information content (AvgIpc) is 2.81. The Labute approximate surface area is 97.4 Å². The van der Waals surface area contributed by atoms with Crippen molar-refractivity contribution in [2.24, 2.45) is 0 Å². The lowest BCUT2D eigenvalue weighted by Crippen LogP contribution is -2.23. The van der Waals surface area contributed by atoms with Crippen LogP contribution < -0.4 is 5.32 Å². The van der Waals surface area contributed by atoms with Gasteiger partial charge in [-0.2, -0.15) is 0 Å². The lowest BCUT2D eigenvalue weighted by Gasteiger charge is -2.03. The lowest BCUT2D eigenvalue weighted by molar-refractivity contribution is 0.0946. The van der Waals surface area contributed by atoms with Crippen molar-refractivity contribution in [3.05, 3.63) is 46.2 Å². The number of hydrogen-bond donors (Lipinski definition) is 1. The fourth-order valence-electron chi connectivity index (χ4n) is 1.20. The van der Waals surface area contributed by atoms with Gasteiger partial charge < -0.3 is 5.32 Å². The molecule has 0 aromatic carbocycles. The highest BCUT2D eigenvalue weighted by Crippen LogP contribution is 2.02. The summed E-state index contributed by atoms with van der Waals surface area (Å²) >= 11 is 1.41. The van der Waals surface area contributed by atoms with Gasteiger partial charge in [0.05, 0.1) is 5.51 Å². The van der Waals surface area contributed by atoms with Crippen LogP contribution in [0, 0.1) is 6.92 Å². The number of nitrogens with zero attached hydrogens (tertiary/aromatic N) is 2. The molecule has 2 aromatic rings. The minimum Gasteiger partial charge on any atom is -0.347 e. The summed E-state index contributed by atoms with van der Waals surface area (Å²) in [7, 11) is 0. The highest BCUT2D eigenvalue weighted by Gasteiger charge is 2.06. The first-order valence-electron chi connectivity index (χ1n) is 4.83. The number of aryl methyl sites for hydroxylation is 1. The predicted octanol–water partition coefficient (Wildman–Crippen LogP) is 1.78. The van der Waals surface area contributed by atoms with Gasteiger partial charge in [0.15, 0.2) is 0 Å². The maximum atomic E-state index is 11.6. The molecule has 0 fully saturated rings. The number of hydrogen-bond acceptors (Lipinski definition) is 4. The van der Waals surface area contributed by atoms with E-state index < -0.39 is 0 Å². The van der Waals surface area contributed by atoms with Crippen molar-refractivity contribution in [3.63, 3.8) is 0 Å². The van der Waals surface area contributed by atoms with E-state index in [0.717, 1.165) is 11.3 Å². The summed E-state index contributed by atoms with van der Waals surface area (Å²) in [5.41, 5.74) is 4.05. The summed E-state index contributed by atoms with van der Waals surface area (Å²) in [4.78, 5) is 19.6. The molecule has 2 aromatic heterocycles. The summed E-state index contributed by atoms with van der Waals surface area (Å²) in [6.45, 7) is 2.40. The second-order valence-corrected chi connectivity index (χ2v) is 4.08. The highest BCUT2D eigenvalue weighted by atomic mass is 32.1. The van der Waals surface area contributed by atoms with Crippen molar-refractivity contribution in [3.8, 4) is 0 Å². The first-order chi connectivity index (χ1) is 7.75. The Bertz CT molecular complexity index is 464. The van der Waals surface area contributed by atoms with Crippen molar-refractivity contribution in [2.45, 2.75) is 13.5 Å². The van der Waals surface area contributed by atoms with Crippen LogP contribution in [0.25, 0.3) is 0 Å². The van der Waals surface area contributed by atoms with Gasteiger partial charge >= 0.3 is 0 Å². The van der Waals surface area contributed by atoms with E-state index in [0.29, 0.717) is 12.2 Å². The van der Waals surface area contributed by atoms with Crippen LogP contribution in [0.2, 0.25) is 0 Å². The standard InChI is InChI=1S/C11H11N3OS/c1-8-2-3-9(4-12-8)5-13-11(15)10-6-16-7-14-10/h2-4,6-7H,5H2,1H3,(H,13,15). The summed E-state index contributed by atoms with van der Waals surface area (Å²) < 4.78 is 0. The summed E-state index contributed by atoms with van der Waals surface area (Å²) in [5.74, 6) is -0.151. The average molecular weight is 233 g/mol. The summed E-state index contributed by atoms with van der Waals surface area (Å²) in [5, 5.41) is 4.51. The second kappa shape index (κ2) is 4.85. The molecule has 1 amide bonds. The molecule has 0 atom stereocenters. The Morgan fingerprint density at radius 3 is 2.94 bits per heavy atom. The van der Waals surface area contributed by atoms with Crippen molar-refractivity contribution >= 4 is 17.2 Å². The maximum absolute atomic E-state index is 11.6. The van der Waals surface area contributed by atoms with Gasteiger partial charge in [-0.1, -0.05) is 6.07 Å². The van der Waals surface area contributed by atoms with E-state index in [4.69, 9.17) is 0 Å². The van der Waals surface area contributed by atoms with Gasteiger partial charge in [-0.3, -0.25) is 9.78 Å². The number of pyridine rings is 1. The molecule has 0 aliphatic carbocycles. The monoisotopic (exact) mass is 233 g/mol. The van der Waals surface area contributed by atoms with Crippen molar-refractivity contribution in [1.82, 2.24) is 15.3 Å². The smallest absolute Gasteiger partial charge is 0.271 e. The maximum Gasteiger partial charge on any atom is 0.271 e. The minimum absolute atomic E-state index is 0.151. The fraction of sp³-hybridized carbons (Fsp3) is 0.182. The van der Waals surface area contributed by atoms with E-state index >= 15 is 0 Å². The van der Waals surface area contributed by atoms with Crippen LogP contribution in [-0.2, 0) is 6.54 Å². The van der Waals surface area contributed by atoms with Crippen LogP contribution in [-0.4, -0.2) is 15.9 Å². The van der Waals surface area contributed by atoms with Crippen LogP contribution in [0.3, 0.4) is 0 Å². The molecule has 4 nitrogen and oxygen atoms in total. The SMILES string of the molecule is Cc1ccc(CNC(=O)c2cscn2)cn1. The Hall–Kier alpha value is -1.75. The van der Waals surface area contributed by atoms with E-state index in [2.05, 4.69) is 15.3 Å². The third kappa shape index (κ3) is 2.64. The second-order valence-electron chi connectivity index (χ2n) is 3.36. The molecule has 0 aliphatic heterocycles. The van der Waals surface area contributed by atoms with Crippen LogP contribution in [0.1, 0.15) is 21.7 Å². The molecular weight excluding hydrogens is 222 g/mol. The Morgan fingerprint density at radius 1 is 1.44 bits per heavy atom. The number of carbonyl (C=O) groups excluding carboxylic acids is 1. The van der Waals surface area contributed by atoms with E-state index in [-0.39, 0.29) is 5.91 Å². The van der Waals surface area contributed by atoms with Gasteiger partial charge in [-0.15, -0.1) is 11.3 Å². The number of thiazole rings is 1. The first kappa shape index (κ1) is 10.8. The molecule has 16 heavy (non-hydrogen) atoms. The Morgan fingerprint density at radius 2 is 2.31 bits per heavy atom. The predicted molar refractivity (Wildman–Crippen MR) is 62.3 cm³/mol. The summed E-state index contributed by atoms with van der Waals surface area (Å²) in [6, 6.07) is 3.87. The molecule has 0 radical (unpaired) electrons. The first-order valence-corrected chi connectivity index (χ1v) is 5.78. The Balaban J connectivity index is 1.93. The molecule has 2 heterocycles. The number of amides is 1. The molecule has 0 saturated carbocycles. The topological polar surface area (TPSA) is 54.9 Å². The minimum atomic E-state index is -0.151. The lowest BCUT2D eigenvalue weighted by atomic mass is 10.2. The third-order valence-electron chi connectivity index (χ3n) is 2.09. The molecule has 1 N–H and O–H groups in total. The third-order valence-corrected chi connectivity index (χ3v) is 2.68. The van der Waals surface area contributed by atoms with E-state index in [1.54, 1.807) is 17.1 Å². The zero-order valence-corrected chi connectivity index (χ0v) is 9.62. The quantitative estimate of drug-likeness (QED) is 0.879. The number of rotatable bonds is 3. The van der Waals surface area contributed by atoms with Crippen molar-refractivity contribution in [1.29, 1.82) is 0 Å². The molecule has 82 valence electrons. The van der Waals surface area contributed by atoms with Gasteiger partial charge in [0.2, 0.25) is 0 Å². The van der Waals surface area contributed by atoms with Crippen LogP contribution in [0.5, 0.6) is 0 Å². The van der Waals surface area contributed by atoms with E-state index in [1.165, 1.54) is 11.3 Å². The molecular formula is C11H11N3OS. The molecule has 0 bridgehead atoms.